The highest BCUT2D eigenvalue weighted by Crippen LogP contribution is 2.32. The summed E-state index contributed by atoms with van der Waals surface area (Å²) in [6, 6.07) is 18.7. The molecule has 1 atom stereocenters. The number of carbonyl (C=O) groups excluding carboxylic acids is 1. The maximum Gasteiger partial charge on any atom is 0.257 e. The fourth-order valence-electron chi connectivity index (χ4n) is 3.44. The van der Waals surface area contributed by atoms with Gasteiger partial charge in [-0.15, -0.1) is 0 Å². The Bertz CT molecular complexity index is 1290. The number of anilines is 1. The van der Waals surface area contributed by atoms with Crippen LogP contribution in [0.25, 0.3) is 11.0 Å². The van der Waals surface area contributed by atoms with Crippen molar-refractivity contribution in [2.75, 3.05) is 5.32 Å². The number of nitrogens with one attached hydrogen (secondary N) is 1. The average molecular weight is 416 g/mol. The number of aryl methyl sites for hydroxylation is 2. The van der Waals surface area contributed by atoms with E-state index in [0.717, 1.165) is 22.3 Å². The zero-order valence-electron chi connectivity index (χ0n) is 16.4. The summed E-state index contributed by atoms with van der Waals surface area (Å²) in [5.74, 6) is -0.778. The highest BCUT2D eigenvalue weighted by molar-refractivity contribution is 6.32. The number of hydrogen-bond acceptors (Lipinski definition) is 4. The van der Waals surface area contributed by atoms with Gasteiger partial charge in [0.15, 0.2) is 5.65 Å². The van der Waals surface area contributed by atoms with E-state index in [4.69, 9.17) is 11.6 Å². The maximum absolute atomic E-state index is 12.7. The third-order valence-electron chi connectivity index (χ3n) is 4.96. The minimum absolute atomic E-state index is 0.295. The molecule has 0 aliphatic rings. The van der Waals surface area contributed by atoms with Crippen LogP contribution in [0.15, 0.2) is 60.8 Å². The number of nitriles is 1. The lowest BCUT2D eigenvalue weighted by atomic mass is 9.92. The molecule has 0 radical (unpaired) electrons. The molecule has 2 heterocycles. The molecule has 7 heteroatoms. The molecule has 1 amide bonds. The average Bonchev–Trinajstić information content (AvgIpc) is 3.04. The molecule has 148 valence electrons. The Kier molecular flexibility index (Phi) is 5.21. The number of benzene rings is 2. The van der Waals surface area contributed by atoms with Crippen LogP contribution in [-0.4, -0.2) is 20.7 Å². The van der Waals surface area contributed by atoms with Crippen LogP contribution in [0, 0.1) is 18.3 Å². The zero-order chi connectivity index (χ0) is 21.3. The van der Waals surface area contributed by atoms with E-state index in [-0.39, 0.29) is 5.91 Å². The van der Waals surface area contributed by atoms with Crippen molar-refractivity contribution in [3.05, 3.63) is 88.2 Å². The lowest BCUT2D eigenvalue weighted by molar-refractivity contribution is 0.102. The summed E-state index contributed by atoms with van der Waals surface area (Å²) < 4.78 is 1.68. The van der Waals surface area contributed by atoms with Crippen molar-refractivity contribution in [1.82, 2.24) is 14.8 Å². The predicted octanol–water partition coefficient (Wildman–Crippen LogP) is 4.84. The van der Waals surface area contributed by atoms with Gasteiger partial charge in [0, 0.05) is 29.3 Å². The van der Waals surface area contributed by atoms with Gasteiger partial charge in [-0.3, -0.25) is 9.48 Å². The van der Waals surface area contributed by atoms with E-state index >= 15 is 0 Å². The van der Waals surface area contributed by atoms with Crippen molar-refractivity contribution in [2.24, 2.45) is 7.05 Å². The monoisotopic (exact) mass is 415 g/mol. The first-order valence-corrected chi connectivity index (χ1v) is 9.70. The van der Waals surface area contributed by atoms with Crippen LogP contribution < -0.4 is 5.32 Å². The third-order valence-corrected chi connectivity index (χ3v) is 5.28. The lowest BCUT2D eigenvalue weighted by Crippen LogP contribution is -2.12. The molecule has 0 saturated heterocycles. The molecular formula is C23H18ClN5O. The van der Waals surface area contributed by atoms with Crippen LogP contribution >= 0.6 is 11.6 Å². The molecule has 2 aromatic carbocycles. The first-order valence-electron chi connectivity index (χ1n) is 9.32. The van der Waals surface area contributed by atoms with Gasteiger partial charge in [-0.1, -0.05) is 48.0 Å². The van der Waals surface area contributed by atoms with E-state index in [1.54, 1.807) is 28.9 Å². The van der Waals surface area contributed by atoms with E-state index in [9.17, 15) is 10.1 Å². The number of rotatable bonds is 4. The maximum atomic E-state index is 12.7. The van der Waals surface area contributed by atoms with Gasteiger partial charge >= 0.3 is 0 Å². The molecule has 0 bridgehead atoms. The minimum Gasteiger partial charge on any atom is -0.322 e. The normalized spacial score (nSPS) is 11.8. The summed E-state index contributed by atoms with van der Waals surface area (Å²) in [7, 11) is 1.82. The van der Waals surface area contributed by atoms with E-state index < -0.39 is 5.92 Å². The van der Waals surface area contributed by atoms with Crippen molar-refractivity contribution < 1.29 is 4.79 Å². The van der Waals surface area contributed by atoms with E-state index in [1.165, 1.54) is 6.20 Å². The summed E-state index contributed by atoms with van der Waals surface area (Å²) in [6.07, 6.45) is 1.52. The standard InChI is InChI=1S/C23H18ClN5O/c1-14-19-10-16(13-26-22(19)29(2)28-14)23(30)27-17-8-9-18(21(24)11-17)20(12-25)15-6-4-3-5-7-15/h3-11,13,20H,1-2H3,(H,27,30). The Hall–Kier alpha value is -3.69. The van der Waals surface area contributed by atoms with Crippen LogP contribution in [0.1, 0.15) is 33.1 Å². The Labute approximate surface area is 178 Å². The molecule has 1 unspecified atom stereocenters. The number of hydrogen-bond donors (Lipinski definition) is 1. The molecule has 6 nitrogen and oxygen atoms in total. The van der Waals surface area contributed by atoms with Crippen molar-refractivity contribution in [1.29, 1.82) is 5.26 Å². The largest absolute Gasteiger partial charge is 0.322 e. The molecule has 0 spiro atoms. The fraction of sp³-hybridized carbons (Fsp3) is 0.130. The van der Waals surface area contributed by atoms with Crippen LogP contribution in [0.4, 0.5) is 5.69 Å². The quantitative estimate of drug-likeness (QED) is 0.517. The molecule has 4 aromatic rings. The van der Waals surface area contributed by atoms with Gasteiger partial charge in [0.05, 0.1) is 23.2 Å². The van der Waals surface area contributed by atoms with Gasteiger partial charge in [-0.25, -0.2) is 4.98 Å². The van der Waals surface area contributed by atoms with Gasteiger partial charge in [-0.2, -0.15) is 10.4 Å². The number of pyridine rings is 1. The smallest absolute Gasteiger partial charge is 0.257 e. The topological polar surface area (TPSA) is 83.6 Å². The number of carbonyl (C=O) groups is 1. The molecule has 0 aliphatic heterocycles. The molecule has 0 saturated carbocycles. The Morgan fingerprint density at radius 1 is 1.20 bits per heavy atom. The van der Waals surface area contributed by atoms with Crippen molar-refractivity contribution in [3.8, 4) is 6.07 Å². The van der Waals surface area contributed by atoms with E-state index in [1.807, 2.05) is 44.3 Å². The van der Waals surface area contributed by atoms with E-state index in [0.29, 0.717) is 21.8 Å². The van der Waals surface area contributed by atoms with Crippen molar-refractivity contribution >= 4 is 34.2 Å². The molecule has 0 fully saturated rings. The molecule has 4 rings (SSSR count). The summed E-state index contributed by atoms with van der Waals surface area (Å²) >= 11 is 6.46. The van der Waals surface area contributed by atoms with Crippen molar-refractivity contribution in [2.45, 2.75) is 12.8 Å². The van der Waals surface area contributed by atoms with Gasteiger partial charge in [0.2, 0.25) is 0 Å². The SMILES string of the molecule is Cc1nn(C)c2ncc(C(=O)Nc3ccc(C(C#N)c4ccccc4)c(Cl)c3)cc12. The summed E-state index contributed by atoms with van der Waals surface area (Å²) in [5, 5.41) is 18.1. The fourth-order valence-corrected chi connectivity index (χ4v) is 3.73. The number of nitrogens with zero attached hydrogens (tertiary/aromatic N) is 4. The molecule has 0 aliphatic carbocycles. The number of fused-ring (bicyclic) bond motifs is 1. The molecule has 30 heavy (non-hydrogen) atoms. The summed E-state index contributed by atoms with van der Waals surface area (Å²) in [6.45, 7) is 1.88. The highest BCUT2D eigenvalue weighted by Gasteiger charge is 2.18. The van der Waals surface area contributed by atoms with E-state index in [2.05, 4.69) is 21.5 Å². The molecular weight excluding hydrogens is 398 g/mol. The van der Waals surface area contributed by atoms with Crippen LogP contribution in [-0.2, 0) is 7.05 Å². The second-order valence-electron chi connectivity index (χ2n) is 6.97. The van der Waals surface area contributed by atoms with Crippen molar-refractivity contribution in [3.63, 3.8) is 0 Å². The second kappa shape index (κ2) is 7.97. The van der Waals surface area contributed by atoms with Crippen LogP contribution in [0.3, 0.4) is 0 Å². The second-order valence-corrected chi connectivity index (χ2v) is 7.37. The molecule has 2 aromatic heterocycles. The van der Waals surface area contributed by atoms with Gasteiger partial charge in [-0.05, 0) is 36.2 Å². The summed E-state index contributed by atoms with van der Waals surface area (Å²) in [5.41, 5.74) is 4.06. The third kappa shape index (κ3) is 3.63. The number of aromatic nitrogens is 3. The molecule has 1 N–H and O–H groups in total. The number of halogens is 1. The first kappa shape index (κ1) is 19.6. The van der Waals surface area contributed by atoms with Gasteiger partial charge < -0.3 is 5.32 Å². The predicted molar refractivity (Wildman–Crippen MR) is 117 cm³/mol. The highest BCUT2D eigenvalue weighted by atomic mass is 35.5. The van der Waals surface area contributed by atoms with Gasteiger partial charge in [0.1, 0.15) is 0 Å². The lowest BCUT2D eigenvalue weighted by Gasteiger charge is -2.13. The number of amides is 1. The Morgan fingerprint density at radius 3 is 2.67 bits per heavy atom. The first-order chi connectivity index (χ1) is 14.5. The Balaban J connectivity index is 1.58. The zero-order valence-corrected chi connectivity index (χ0v) is 17.2. The van der Waals surface area contributed by atoms with Crippen LogP contribution in [0.5, 0.6) is 0 Å². The minimum atomic E-state index is -0.483. The Morgan fingerprint density at radius 2 is 1.97 bits per heavy atom. The van der Waals surface area contributed by atoms with Gasteiger partial charge in [0.25, 0.3) is 5.91 Å². The van der Waals surface area contributed by atoms with Crippen LogP contribution in [0.2, 0.25) is 5.02 Å². The summed E-state index contributed by atoms with van der Waals surface area (Å²) in [4.78, 5) is 17.1.